The van der Waals surface area contributed by atoms with E-state index in [2.05, 4.69) is 5.32 Å². The van der Waals surface area contributed by atoms with Crippen molar-refractivity contribution in [2.24, 2.45) is 0 Å². The van der Waals surface area contributed by atoms with Crippen molar-refractivity contribution in [1.82, 2.24) is 0 Å². The molecule has 0 fully saturated rings. The second-order valence-electron chi connectivity index (χ2n) is 6.68. The van der Waals surface area contributed by atoms with E-state index in [0.717, 1.165) is 27.1 Å². The van der Waals surface area contributed by atoms with Gasteiger partial charge in [-0.1, -0.05) is 48.0 Å². The van der Waals surface area contributed by atoms with Crippen molar-refractivity contribution in [3.8, 4) is 0 Å². The first-order valence-electron chi connectivity index (χ1n) is 9.22. The normalized spacial score (nSPS) is 11.2. The molecule has 0 saturated carbocycles. The first kappa shape index (κ1) is 23.1. The Labute approximate surface area is 190 Å². The standard InChI is InChI=1S/C22H20ClFN2O3S2/c1-31(28,29)26(20-8-4-2-6-18(20)24)14-22(27)25-19-7-3-5-9-21(19)30-15-16-10-12-17(23)13-11-16/h2-13H,14-15H2,1H3,(H,25,27). The van der Waals surface area contributed by atoms with E-state index >= 15 is 0 Å². The lowest BCUT2D eigenvalue weighted by molar-refractivity contribution is -0.114. The van der Waals surface area contributed by atoms with Gasteiger partial charge in [-0.3, -0.25) is 9.10 Å². The first-order valence-corrected chi connectivity index (χ1v) is 12.4. The van der Waals surface area contributed by atoms with Gasteiger partial charge in [0.15, 0.2) is 0 Å². The fraction of sp³-hybridized carbons (Fsp3) is 0.136. The molecule has 162 valence electrons. The second kappa shape index (κ2) is 10.2. The van der Waals surface area contributed by atoms with Crippen LogP contribution in [-0.2, 0) is 20.6 Å². The number of benzene rings is 3. The fourth-order valence-electron chi connectivity index (χ4n) is 2.79. The smallest absolute Gasteiger partial charge is 0.245 e. The summed E-state index contributed by atoms with van der Waals surface area (Å²) in [5.41, 5.74) is 1.44. The van der Waals surface area contributed by atoms with Gasteiger partial charge in [-0.15, -0.1) is 11.8 Å². The lowest BCUT2D eigenvalue weighted by Gasteiger charge is -2.22. The van der Waals surface area contributed by atoms with Crippen LogP contribution in [0.25, 0.3) is 0 Å². The third kappa shape index (κ3) is 6.46. The maximum Gasteiger partial charge on any atom is 0.245 e. The molecule has 0 radical (unpaired) electrons. The molecule has 0 spiro atoms. The number of nitrogens with zero attached hydrogens (tertiary/aromatic N) is 1. The third-order valence-electron chi connectivity index (χ3n) is 4.28. The SMILES string of the molecule is CS(=O)(=O)N(CC(=O)Nc1ccccc1SCc1ccc(Cl)cc1)c1ccccc1F. The number of hydrogen-bond donors (Lipinski definition) is 1. The van der Waals surface area contributed by atoms with Gasteiger partial charge < -0.3 is 5.32 Å². The zero-order chi connectivity index (χ0) is 22.4. The minimum Gasteiger partial charge on any atom is -0.323 e. The van der Waals surface area contributed by atoms with E-state index < -0.39 is 28.3 Å². The highest BCUT2D eigenvalue weighted by atomic mass is 35.5. The maximum absolute atomic E-state index is 14.1. The Hall–Kier alpha value is -2.55. The van der Waals surface area contributed by atoms with Crippen molar-refractivity contribution in [3.63, 3.8) is 0 Å². The molecule has 9 heteroatoms. The van der Waals surface area contributed by atoms with Gasteiger partial charge in [0.25, 0.3) is 0 Å². The van der Waals surface area contributed by atoms with Crippen molar-refractivity contribution in [2.75, 3.05) is 22.4 Å². The summed E-state index contributed by atoms with van der Waals surface area (Å²) in [6, 6.07) is 20.1. The van der Waals surface area contributed by atoms with Gasteiger partial charge in [0.2, 0.25) is 15.9 Å². The van der Waals surface area contributed by atoms with E-state index in [0.29, 0.717) is 16.5 Å². The van der Waals surface area contributed by atoms with Crippen LogP contribution in [0.15, 0.2) is 77.7 Å². The number of hydrogen-bond acceptors (Lipinski definition) is 4. The number of sulfonamides is 1. The zero-order valence-electron chi connectivity index (χ0n) is 16.6. The van der Waals surface area contributed by atoms with Gasteiger partial charge in [0.05, 0.1) is 17.6 Å². The topological polar surface area (TPSA) is 66.5 Å². The fourth-order valence-corrected chi connectivity index (χ4v) is 4.74. The predicted octanol–water partition coefficient (Wildman–Crippen LogP) is 5.18. The van der Waals surface area contributed by atoms with Crippen LogP contribution in [0.2, 0.25) is 5.02 Å². The van der Waals surface area contributed by atoms with Crippen LogP contribution in [-0.4, -0.2) is 27.1 Å². The molecule has 5 nitrogen and oxygen atoms in total. The van der Waals surface area contributed by atoms with Gasteiger partial charge in [-0.25, -0.2) is 12.8 Å². The third-order valence-corrected chi connectivity index (χ3v) is 6.80. The van der Waals surface area contributed by atoms with Crippen LogP contribution < -0.4 is 9.62 Å². The highest BCUT2D eigenvalue weighted by Crippen LogP contribution is 2.30. The van der Waals surface area contributed by atoms with Crippen molar-refractivity contribution in [1.29, 1.82) is 0 Å². The molecule has 0 saturated heterocycles. The largest absolute Gasteiger partial charge is 0.323 e. The summed E-state index contributed by atoms with van der Waals surface area (Å²) >= 11 is 7.44. The monoisotopic (exact) mass is 478 g/mol. The van der Waals surface area contributed by atoms with Crippen molar-refractivity contribution < 1.29 is 17.6 Å². The molecule has 1 N–H and O–H groups in total. The van der Waals surface area contributed by atoms with E-state index in [4.69, 9.17) is 11.6 Å². The van der Waals surface area contributed by atoms with Crippen LogP contribution in [0.4, 0.5) is 15.8 Å². The molecular weight excluding hydrogens is 459 g/mol. The Balaban J connectivity index is 1.74. The summed E-state index contributed by atoms with van der Waals surface area (Å²) in [6.45, 7) is -0.546. The van der Waals surface area contributed by atoms with Gasteiger partial charge in [-0.05, 0) is 42.0 Å². The highest BCUT2D eigenvalue weighted by molar-refractivity contribution is 7.98. The van der Waals surface area contributed by atoms with Crippen LogP contribution in [0.3, 0.4) is 0 Å². The van der Waals surface area contributed by atoms with Crippen LogP contribution in [0.5, 0.6) is 0 Å². The average Bonchev–Trinajstić information content (AvgIpc) is 2.72. The van der Waals surface area contributed by atoms with E-state index in [-0.39, 0.29) is 5.69 Å². The molecular formula is C22H20ClFN2O3S2. The Morgan fingerprint density at radius 1 is 1.03 bits per heavy atom. The van der Waals surface area contributed by atoms with E-state index in [1.807, 2.05) is 36.4 Å². The number of halogens is 2. The molecule has 0 atom stereocenters. The number of thioether (sulfide) groups is 1. The van der Waals surface area contributed by atoms with Gasteiger partial charge in [0.1, 0.15) is 12.4 Å². The minimum atomic E-state index is -3.87. The molecule has 0 aliphatic rings. The number of anilines is 2. The maximum atomic E-state index is 14.1. The molecule has 0 aliphatic carbocycles. The summed E-state index contributed by atoms with van der Waals surface area (Å²) in [5, 5.41) is 3.40. The molecule has 0 aliphatic heterocycles. The quantitative estimate of drug-likeness (QED) is 0.453. The molecule has 3 aromatic carbocycles. The number of carbonyl (C=O) groups is 1. The van der Waals surface area contributed by atoms with Crippen molar-refractivity contribution >= 4 is 50.7 Å². The van der Waals surface area contributed by atoms with E-state index in [1.165, 1.54) is 30.0 Å². The summed E-state index contributed by atoms with van der Waals surface area (Å²) in [5.74, 6) is -0.637. The van der Waals surface area contributed by atoms with E-state index in [1.54, 1.807) is 12.1 Å². The molecule has 1 amide bonds. The highest BCUT2D eigenvalue weighted by Gasteiger charge is 2.23. The Morgan fingerprint density at radius 3 is 2.35 bits per heavy atom. The van der Waals surface area contributed by atoms with Crippen LogP contribution in [0.1, 0.15) is 5.56 Å². The number of amides is 1. The lowest BCUT2D eigenvalue weighted by atomic mass is 10.2. The zero-order valence-corrected chi connectivity index (χ0v) is 19.0. The van der Waals surface area contributed by atoms with Gasteiger partial charge in [0, 0.05) is 15.7 Å². The Bertz CT molecular complexity index is 1170. The average molecular weight is 479 g/mol. The van der Waals surface area contributed by atoms with E-state index in [9.17, 15) is 17.6 Å². The molecule has 31 heavy (non-hydrogen) atoms. The van der Waals surface area contributed by atoms with Gasteiger partial charge in [-0.2, -0.15) is 0 Å². The van der Waals surface area contributed by atoms with Crippen LogP contribution >= 0.6 is 23.4 Å². The number of nitrogens with one attached hydrogen (secondary N) is 1. The lowest BCUT2D eigenvalue weighted by Crippen LogP contribution is -2.38. The minimum absolute atomic E-state index is 0.175. The summed E-state index contributed by atoms with van der Waals surface area (Å²) in [4.78, 5) is 13.5. The Kier molecular flexibility index (Phi) is 7.59. The number of carbonyl (C=O) groups excluding carboxylic acids is 1. The molecule has 0 heterocycles. The molecule has 0 bridgehead atoms. The molecule has 3 aromatic rings. The summed E-state index contributed by atoms with van der Waals surface area (Å²) < 4.78 is 39.3. The molecule has 0 aromatic heterocycles. The number of para-hydroxylation sites is 2. The predicted molar refractivity (Wildman–Crippen MR) is 125 cm³/mol. The molecule has 0 unspecified atom stereocenters. The second-order valence-corrected chi connectivity index (χ2v) is 10.0. The van der Waals surface area contributed by atoms with Crippen molar-refractivity contribution in [3.05, 3.63) is 89.2 Å². The van der Waals surface area contributed by atoms with Crippen LogP contribution in [0, 0.1) is 5.82 Å². The Morgan fingerprint density at radius 2 is 1.68 bits per heavy atom. The summed E-state index contributed by atoms with van der Waals surface area (Å²) in [6.07, 6.45) is 0.933. The van der Waals surface area contributed by atoms with Gasteiger partial charge >= 0.3 is 0 Å². The molecule has 3 rings (SSSR count). The summed E-state index contributed by atoms with van der Waals surface area (Å²) in [7, 11) is -3.87. The van der Waals surface area contributed by atoms with Crippen molar-refractivity contribution in [2.45, 2.75) is 10.6 Å². The number of rotatable bonds is 8. The first-order chi connectivity index (χ1) is 14.7.